The lowest BCUT2D eigenvalue weighted by molar-refractivity contribution is 0.201. The van der Waals surface area contributed by atoms with Crippen LogP contribution in [0.2, 0.25) is 0 Å². The molecular formula is C12H16N6O. The van der Waals surface area contributed by atoms with E-state index in [1.165, 1.54) is 19.3 Å². The molecule has 2 aromatic heterocycles. The fourth-order valence-electron chi connectivity index (χ4n) is 2.60. The molecule has 2 aliphatic rings. The van der Waals surface area contributed by atoms with Gasteiger partial charge in [0.1, 0.15) is 12.2 Å². The third-order valence-corrected chi connectivity index (χ3v) is 4.02. The summed E-state index contributed by atoms with van der Waals surface area (Å²) in [6.45, 7) is 3.42. The van der Waals surface area contributed by atoms with Gasteiger partial charge >= 0.3 is 0 Å². The van der Waals surface area contributed by atoms with Crippen LogP contribution in [0.3, 0.4) is 0 Å². The van der Waals surface area contributed by atoms with Crippen LogP contribution in [0, 0.1) is 0 Å². The number of rotatable bonds is 3. The minimum atomic E-state index is 0.505. The number of aromatic nitrogens is 5. The minimum absolute atomic E-state index is 0.505. The highest BCUT2D eigenvalue weighted by Gasteiger charge is 2.26. The molecule has 0 N–H and O–H groups in total. The lowest BCUT2D eigenvalue weighted by atomic mass is 9.85. The topological polar surface area (TPSA) is 72.9 Å². The predicted molar refractivity (Wildman–Crippen MR) is 65.0 cm³/mol. The van der Waals surface area contributed by atoms with Gasteiger partial charge in [0.15, 0.2) is 5.82 Å². The summed E-state index contributed by atoms with van der Waals surface area (Å²) < 4.78 is 7.43. The Kier molecular flexibility index (Phi) is 2.58. The van der Waals surface area contributed by atoms with E-state index < -0.39 is 0 Å². The van der Waals surface area contributed by atoms with Crippen LogP contribution in [0.5, 0.6) is 0 Å². The monoisotopic (exact) mass is 260 g/mol. The SMILES string of the molecule is c1nnc2n1CCN(Cc1noc(C3CCC3)n1)C2. The molecule has 0 saturated heterocycles. The van der Waals surface area contributed by atoms with Crippen LogP contribution in [0.1, 0.15) is 42.7 Å². The van der Waals surface area contributed by atoms with Crippen LogP contribution >= 0.6 is 0 Å². The zero-order valence-electron chi connectivity index (χ0n) is 10.7. The first-order chi connectivity index (χ1) is 9.38. The largest absolute Gasteiger partial charge is 0.339 e. The molecule has 4 rings (SSSR count). The molecule has 7 heteroatoms. The van der Waals surface area contributed by atoms with Crippen LogP contribution < -0.4 is 0 Å². The Bertz CT molecular complexity index is 572. The molecule has 1 fully saturated rings. The average molecular weight is 260 g/mol. The molecule has 0 amide bonds. The van der Waals surface area contributed by atoms with Gasteiger partial charge in [-0.25, -0.2) is 0 Å². The van der Waals surface area contributed by atoms with Crippen molar-refractivity contribution in [1.29, 1.82) is 0 Å². The van der Waals surface area contributed by atoms with Crippen LogP contribution in [0.25, 0.3) is 0 Å². The van der Waals surface area contributed by atoms with Gasteiger partial charge in [0, 0.05) is 19.0 Å². The van der Waals surface area contributed by atoms with Crippen molar-refractivity contribution >= 4 is 0 Å². The van der Waals surface area contributed by atoms with Crippen molar-refractivity contribution in [2.24, 2.45) is 0 Å². The molecule has 1 saturated carbocycles. The standard InChI is InChI=1S/C12H16N6O/c1-2-9(3-1)12-14-10(16-19-12)6-17-4-5-18-8-13-15-11(18)7-17/h8-9H,1-7H2. The molecular weight excluding hydrogens is 244 g/mol. The van der Waals surface area contributed by atoms with Gasteiger partial charge in [-0.05, 0) is 12.8 Å². The van der Waals surface area contributed by atoms with Crippen molar-refractivity contribution < 1.29 is 4.52 Å². The fourth-order valence-corrected chi connectivity index (χ4v) is 2.60. The van der Waals surface area contributed by atoms with Gasteiger partial charge in [0.25, 0.3) is 0 Å². The summed E-state index contributed by atoms with van der Waals surface area (Å²) in [5.74, 6) is 3.12. The van der Waals surface area contributed by atoms with Crippen LogP contribution in [0.4, 0.5) is 0 Å². The fraction of sp³-hybridized carbons (Fsp3) is 0.667. The van der Waals surface area contributed by atoms with Crippen molar-refractivity contribution in [3.8, 4) is 0 Å². The summed E-state index contributed by atoms with van der Waals surface area (Å²) in [4.78, 5) is 6.78. The van der Waals surface area contributed by atoms with Crippen LogP contribution in [-0.4, -0.2) is 36.3 Å². The van der Waals surface area contributed by atoms with Crippen LogP contribution in [0.15, 0.2) is 10.9 Å². The zero-order valence-corrected chi connectivity index (χ0v) is 10.7. The number of nitrogens with zero attached hydrogens (tertiary/aromatic N) is 6. The van der Waals surface area contributed by atoms with Crippen molar-refractivity contribution in [2.75, 3.05) is 6.54 Å². The van der Waals surface area contributed by atoms with Gasteiger partial charge in [-0.15, -0.1) is 10.2 Å². The Morgan fingerprint density at radius 2 is 2.26 bits per heavy atom. The highest BCUT2D eigenvalue weighted by Crippen LogP contribution is 2.35. The van der Waals surface area contributed by atoms with Gasteiger partial charge in [-0.2, -0.15) is 4.98 Å². The molecule has 0 aromatic carbocycles. The summed E-state index contributed by atoms with van der Waals surface area (Å²) in [6, 6.07) is 0. The van der Waals surface area contributed by atoms with Crippen molar-refractivity contribution in [3.63, 3.8) is 0 Å². The Labute approximate surface area is 110 Å². The average Bonchev–Trinajstić information content (AvgIpc) is 2.96. The van der Waals surface area contributed by atoms with Gasteiger partial charge in [-0.3, -0.25) is 4.90 Å². The summed E-state index contributed by atoms with van der Waals surface area (Å²) in [5.41, 5.74) is 0. The second-order valence-corrected chi connectivity index (χ2v) is 5.33. The highest BCUT2D eigenvalue weighted by molar-refractivity contribution is 4.99. The first-order valence-corrected chi connectivity index (χ1v) is 6.80. The number of hydrogen-bond donors (Lipinski definition) is 0. The Morgan fingerprint density at radius 1 is 1.32 bits per heavy atom. The second-order valence-electron chi connectivity index (χ2n) is 5.33. The third-order valence-electron chi connectivity index (χ3n) is 4.02. The second kappa shape index (κ2) is 4.41. The Hall–Kier alpha value is -1.76. The van der Waals surface area contributed by atoms with E-state index in [4.69, 9.17) is 4.52 Å². The van der Waals surface area contributed by atoms with E-state index >= 15 is 0 Å². The van der Waals surface area contributed by atoms with Gasteiger partial charge < -0.3 is 9.09 Å². The molecule has 100 valence electrons. The van der Waals surface area contributed by atoms with E-state index in [1.807, 2.05) is 0 Å². The molecule has 3 heterocycles. The first-order valence-electron chi connectivity index (χ1n) is 6.80. The molecule has 0 spiro atoms. The normalized spacial score (nSPS) is 20.2. The Morgan fingerprint density at radius 3 is 3.11 bits per heavy atom. The van der Waals surface area contributed by atoms with Gasteiger partial charge in [0.2, 0.25) is 5.89 Å². The lowest BCUT2D eigenvalue weighted by Gasteiger charge is -2.25. The molecule has 0 atom stereocenters. The minimum Gasteiger partial charge on any atom is -0.339 e. The molecule has 0 bridgehead atoms. The molecule has 0 unspecified atom stereocenters. The molecule has 7 nitrogen and oxygen atoms in total. The van der Waals surface area contributed by atoms with E-state index in [0.717, 1.165) is 43.7 Å². The maximum Gasteiger partial charge on any atom is 0.229 e. The molecule has 0 radical (unpaired) electrons. The first kappa shape index (κ1) is 11.1. The van der Waals surface area contributed by atoms with Crippen LogP contribution in [-0.2, 0) is 19.6 Å². The Balaban J connectivity index is 1.43. The van der Waals surface area contributed by atoms with Gasteiger partial charge in [0.05, 0.1) is 13.1 Å². The van der Waals surface area contributed by atoms with E-state index in [9.17, 15) is 0 Å². The maximum absolute atomic E-state index is 5.34. The van der Waals surface area contributed by atoms with E-state index in [1.54, 1.807) is 6.33 Å². The summed E-state index contributed by atoms with van der Waals surface area (Å²) in [5, 5.41) is 12.1. The summed E-state index contributed by atoms with van der Waals surface area (Å²) in [7, 11) is 0. The van der Waals surface area contributed by atoms with E-state index in [0.29, 0.717) is 5.92 Å². The molecule has 2 aromatic rings. The van der Waals surface area contributed by atoms with E-state index in [-0.39, 0.29) is 0 Å². The van der Waals surface area contributed by atoms with Gasteiger partial charge in [-0.1, -0.05) is 11.6 Å². The zero-order chi connectivity index (χ0) is 12.7. The lowest BCUT2D eigenvalue weighted by Crippen LogP contribution is -2.33. The highest BCUT2D eigenvalue weighted by atomic mass is 16.5. The maximum atomic E-state index is 5.34. The molecule has 1 aliphatic carbocycles. The molecule has 1 aliphatic heterocycles. The van der Waals surface area contributed by atoms with Crippen molar-refractivity contribution in [3.05, 3.63) is 23.9 Å². The summed E-state index contributed by atoms with van der Waals surface area (Å²) in [6.07, 6.45) is 5.45. The predicted octanol–water partition coefficient (Wildman–Crippen LogP) is 0.944. The third kappa shape index (κ3) is 2.03. The number of hydrogen-bond acceptors (Lipinski definition) is 6. The number of fused-ring (bicyclic) bond motifs is 1. The van der Waals surface area contributed by atoms with Crippen molar-refractivity contribution in [2.45, 2.75) is 44.8 Å². The van der Waals surface area contributed by atoms with E-state index in [2.05, 4.69) is 29.8 Å². The summed E-state index contributed by atoms with van der Waals surface area (Å²) >= 11 is 0. The smallest absolute Gasteiger partial charge is 0.229 e. The van der Waals surface area contributed by atoms with Crippen molar-refractivity contribution in [1.82, 2.24) is 29.8 Å². The quantitative estimate of drug-likeness (QED) is 0.818. The molecule has 19 heavy (non-hydrogen) atoms.